The predicted octanol–water partition coefficient (Wildman–Crippen LogP) is 0.946. The SMILES string of the molecule is O=C(c1ncn[nH]1)N1CCC(c2ccccc2F)S(=O)(=O)CC1. The Bertz CT molecular complexity index is 807. The average molecular weight is 338 g/mol. The van der Waals surface area contributed by atoms with Gasteiger partial charge in [-0.15, -0.1) is 0 Å². The summed E-state index contributed by atoms with van der Waals surface area (Å²) in [4.78, 5) is 17.4. The molecule has 0 bridgehead atoms. The lowest BCUT2D eigenvalue weighted by atomic mass is 10.1. The molecule has 122 valence electrons. The summed E-state index contributed by atoms with van der Waals surface area (Å²) in [5.41, 5.74) is 0.154. The minimum Gasteiger partial charge on any atom is -0.335 e. The first-order valence-electron chi connectivity index (χ1n) is 7.09. The van der Waals surface area contributed by atoms with Gasteiger partial charge < -0.3 is 4.90 Å². The normalized spacial score (nSPS) is 20.9. The van der Waals surface area contributed by atoms with Crippen molar-refractivity contribution in [2.24, 2.45) is 0 Å². The smallest absolute Gasteiger partial charge is 0.291 e. The fraction of sp³-hybridized carbons (Fsp3) is 0.357. The number of nitrogens with zero attached hydrogens (tertiary/aromatic N) is 3. The van der Waals surface area contributed by atoms with Gasteiger partial charge in [-0.3, -0.25) is 9.89 Å². The first-order chi connectivity index (χ1) is 11.0. The van der Waals surface area contributed by atoms with Crippen LogP contribution < -0.4 is 0 Å². The number of hydrogen-bond acceptors (Lipinski definition) is 5. The zero-order chi connectivity index (χ0) is 16.4. The Labute approximate surface area is 132 Å². The Hall–Kier alpha value is -2.29. The molecule has 0 saturated carbocycles. The van der Waals surface area contributed by atoms with Crippen molar-refractivity contribution in [3.8, 4) is 0 Å². The number of hydrogen-bond donors (Lipinski definition) is 1. The first kappa shape index (κ1) is 15.6. The van der Waals surface area contributed by atoms with Gasteiger partial charge in [0.15, 0.2) is 9.84 Å². The van der Waals surface area contributed by atoms with E-state index in [2.05, 4.69) is 15.2 Å². The molecule has 1 N–H and O–H groups in total. The number of aromatic nitrogens is 3. The molecule has 9 heteroatoms. The molecule has 1 atom stereocenters. The zero-order valence-corrected chi connectivity index (χ0v) is 13.0. The van der Waals surface area contributed by atoms with Gasteiger partial charge in [0, 0.05) is 18.7 Å². The topological polar surface area (TPSA) is 96.0 Å². The summed E-state index contributed by atoms with van der Waals surface area (Å²) in [6.07, 6.45) is 1.35. The molecule has 3 rings (SSSR count). The van der Waals surface area contributed by atoms with Crippen molar-refractivity contribution in [2.45, 2.75) is 11.7 Å². The highest BCUT2D eigenvalue weighted by molar-refractivity contribution is 7.91. The van der Waals surface area contributed by atoms with E-state index in [1.54, 1.807) is 6.07 Å². The van der Waals surface area contributed by atoms with Crippen LogP contribution in [0.1, 0.15) is 27.9 Å². The summed E-state index contributed by atoms with van der Waals surface area (Å²) in [6.45, 7) is 0.255. The maximum absolute atomic E-state index is 14.0. The maximum atomic E-state index is 14.0. The van der Waals surface area contributed by atoms with E-state index in [0.717, 1.165) is 0 Å². The van der Waals surface area contributed by atoms with Crippen LogP contribution in [0.25, 0.3) is 0 Å². The minimum atomic E-state index is -3.55. The Balaban J connectivity index is 1.86. The largest absolute Gasteiger partial charge is 0.335 e. The lowest BCUT2D eigenvalue weighted by Gasteiger charge is -2.18. The second kappa shape index (κ2) is 6.07. The molecular formula is C14H15FN4O3S. The standard InChI is InChI=1S/C14H15FN4O3S/c15-11-4-2-1-3-10(11)12-5-6-19(7-8-23(12,21)22)14(20)13-16-9-17-18-13/h1-4,9,12H,5-8H2,(H,16,17,18). The van der Waals surface area contributed by atoms with E-state index < -0.39 is 26.8 Å². The zero-order valence-electron chi connectivity index (χ0n) is 12.1. The number of benzene rings is 1. The molecule has 1 aromatic carbocycles. The van der Waals surface area contributed by atoms with E-state index in [1.165, 1.54) is 29.4 Å². The number of nitrogens with one attached hydrogen (secondary N) is 1. The molecular weight excluding hydrogens is 323 g/mol. The number of halogens is 1. The molecule has 0 spiro atoms. The van der Waals surface area contributed by atoms with Crippen LogP contribution in [0.3, 0.4) is 0 Å². The van der Waals surface area contributed by atoms with Crippen molar-refractivity contribution in [3.05, 3.63) is 47.8 Å². The summed E-state index contributed by atoms with van der Waals surface area (Å²) in [5, 5.41) is 5.13. The molecule has 23 heavy (non-hydrogen) atoms. The third-order valence-electron chi connectivity index (χ3n) is 3.90. The molecule has 1 aliphatic heterocycles. The third-order valence-corrected chi connectivity index (χ3v) is 6.01. The molecule has 1 fully saturated rings. The maximum Gasteiger partial charge on any atom is 0.291 e. The van der Waals surface area contributed by atoms with Gasteiger partial charge in [0.1, 0.15) is 12.1 Å². The molecule has 1 saturated heterocycles. The van der Waals surface area contributed by atoms with Crippen molar-refractivity contribution in [3.63, 3.8) is 0 Å². The molecule has 0 aliphatic carbocycles. The van der Waals surface area contributed by atoms with Crippen molar-refractivity contribution in [1.29, 1.82) is 0 Å². The molecule has 1 unspecified atom stereocenters. The van der Waals surface area contributed by atoms with Crippen LogP contribution in [0.4, 0.5) is 4.39 Å². The molecule has 7 nitrogen and oxygen atoms in total. The van der Waals surface area contributed by atoms with Crippen LogP contribution in [0, 0.1) is 5.82 Å². The summed E-state index contributed by atoms with van der Waals surface area (Å²) in [7, 11) is -3.55. The van der Waals surface area contributed by atoms with E-state index in [1.807, 2.05) is 0 Å². The Morgan fingerprint density at radius 2 is 2.09 bits per heavy atom. The summed E-state index contributed by atoms with van der Waals surface area (Å²) in [5.74, 6) is -1.11. The lowest BCUT2D eigenvalue weighted by Crippen LogP contribution is -2.34. The van der Waals surface area contributed by atoms with Crippen molar-refractivity contribution in [2.75, 3.05) is 18.8 Å². The fourth-order valence-corrected chi connectivity index (χ4v) is 4.49. The molecule has 1 aliphatic rings. The van der Waals surface area contributed by atoms with E-state index >= 15 is 0 Å². The number of rotatable bonds is 2. The van der Waals surface area contributed by atoms with Crippen LogP contribution in [-0.2, 0) is 9.84 Å². The lowest BCUT2D eigenvalue weighted by molar-refractivity contribution is 0.0755. The number of aromatic amines is 1. The van der Waals surface area contributed by atoms with Crippen LogP contribution in [-0.4, -0.2) is 53.2 Å². The van der Waals surface area contributed by atoms with Gasteiger partial charge in [0.25, 0.3) is 5.91 Å². The quantitative estimate of drug-likeness (QED) is 0.879. The number of sulfone groups is 1. The summed E-state index contributed by atoms with van der Waals surface area (Å²) < 4.78 is 38.9. The number of carbonyl (C=O) groups excluding carboxylic acids is 1. The highest BCUT2D eigenvalue weighted by Crippen LogP contribution is 2.31. The van der Waals surface area contributed by atoms with Crippen LogP contribution in [0.2, 0.25) is 0 Å². The van der Waals surface area contributed by atoms with Gasteiger partial charge in [0.2, 0.25) is 5.82 Å². The van der Waals surface area contributed by atoms with Crippen LogP contribution in [0.5, 0.6) is 0 Å². The third kappa shape index (κ3) is 3.09. The van der Waals surface area contributed by atoms with E-state index in [9.17, 15) is 17.6 Å². The first-order valence-corrected chi connectivity index (χ1v) is 8.81. The Kier molecular flexibility index (Phi) is 4.12. The van der Waals surface area contributed by atoms with Crippen molar-refractivity contribution in [1.82, 2.24) is 20.1 Å². The van der Waals surface area contributed by atoms with Crippen molar-refractivity contribution < 1.29 is 17.6 Å². The van der Waals surface area contributed by atoms with Gasteiger partial charge in [-0.05, 0) is 12.5 Å². The summed E-state index contributed by atoms with van der Waals surface area (Å²) in [6, 6.07) is 5.84. The van der Waals surface area contributed by atoms with Gasteiger partial charge in [-0.1, -0.05) is 18.2 Å². The van der Waals surface area contributed by atoms with Crippen LogP contribution >= 0.6 is 0 Å². The van der Waals surface area contributed by atoms with Crippen LogP contribution in [0.15, 0.2) is 30.6 Å². The summed E-state index contributed by atoms with van der Waals surface area (Å²) >= 11 is 0. The second-order valence-electron chi connectivity index (χ2n) is 5.29. The van der Waals surface area contributed by atoms with Gasteiger partial charge in [0.05, 0.1) is 11.0 Å². The number of carbonyl (C=O) groups is 1. The molecule has 1 aromatic heterocycles. The average Bonchev–Trinajstić information content (AvgIpc) is 3.00. The monoisotopic (exact) mass is 338 g/mol. The Morgan fingerprint density at radius 1 is 1.30 bits per heavy atom. The van der Waals surface area contributed by atoms with Gasteiger partial charge >= 0.3 is 0 Å². The van der Waals surface area contributed by atoms with Gasteiger partial charge in [-0.2, -0.15) is 5.10 Å². The molecule has 2 heterocycles. The highest BCUT2D eigenvalue weighted by Gasteiger charge is 2.34. The van der Waals surface area contributed by atoms with Crippen molar-refractivity contribution >= 4 is 15.7 Å². The second-order valence-corrected chi connectivity index (χ2v) is 7.60. The number of amides is 1. The highest BCUT2D eigenvalue weighted by atomic mass is 32.2. The van der Waals surface area contributed by atoms with E-state index in [4.69, 9.17) is 0 Å². The predicted molar refractivity (Wildman–Crippen MR) is 79.8 cm³/mol. The van der Waals surface area contributed by atoms with E-state index in [0.29, 0.717) is 0 Å². The molecule has 2 aromatic rings. The Morgan fingerprint density at radius 3 is 2.78 bits per heavy atom. The minimum absolute atomic E-state index is 0.0484. The number of H-pyrrole nitrogens is 1. The molecule has 1 amide bonds. The molecule has 0 radical (unpaired) electrons. The fourth-order valence-electron chi connectivity index (χ4n) is 2.69. The van der Waals surface area contributed by atoms with E-state index in [-0.39, 0.29) is 36.7 Å². The van der Waals surface area contributed by atoms with Gasteiger partial charge in [-0.25, -0.2) is 17.8 Å².